The predicted molar refractivity (Wildman–Crippen MR) is 101 cm³/mol. The minimum Gasteiger partial charge on any atom is -0.478 e. The van der Waals surface area contributed by atoms with Gasteiger partial charge in [-0.3, -0.25) is 4.79 Å². The highest BCUT2D eigenvalue weighted by Crippen LogP contribution is 2.28. The van der Waals surface area contributed by atoms with Crippen molar-refractivity contribution < 1.29 is 19.1 Å². The van der Waals surface area contributed by atoms with Crippen molar-refractivity contribution in [2.45, 2.75) is 25.3 Å². The normalized spacial score (nSPS) is 16.9. The van der Waals surface area contributed by atoms with Crippen molar-refractivity contribution >= 4 is 11.9 Å². The molecule has 0 radical (unpaired) electrons. The van der Waals surface area contributed by atoms with E-state index in [1.807, 2.05) is 22.9 Å². The van der Waals surface area contributed by atoms with Gasteiger partial charge < -0.3 is 19.0 Å². The van der Waals surface area contributed by atoms with Crippen LogP contribution in [0.25, 0.3) is 0 Å². The lowest BCUT2D eigenvalue weighted by molar-refractivity contribution is 0.0667. The van der Waals surface area contributed by atoms with Crippen molar-refractivity contribution in [2.24, 2.45) is 0 Å². The SMILES string of the molecule is O=C(O)c1cccc([C@@H]2CCCN(C(=O)c3ccc(Cn4ccnc4)o3)C2)c1. The Balaban J connectivity index is 1.45. The number of benzene rings is 1. The molecule has 0 spiro atoms. The summed E-state index contributed by atoms with van der Waals surface area (Å²) in [5, 5.41) is 9.21. The van der Waals surface area contributed by atoms with Crippen LogP contribution in [0.4, 0.5) is 0 Å². The summed E-state index contributed by atoms with van der Waals surface area (Å²) in [4.78, 5) is 29.9. The largest absolute Gasteiger partial charge is 0.478 e. The second-order valence-electron chi connectivity index (χ2n) is 7.02. The molecule has 1 amide bonds. The number of piperidine rings is 1. The zero-order valence-corrected chi connectivity index (χ0v) is 15.3. The average Bonchev–Trinajstić information content (AvgIpc) is 3.40. The Hall–Kier alpha value is -3.35. The molecule has 1 fully saturated rings. The number of imidazole rings is 1. The fourth-order valence-electron chi connectivity index (χ4n) is 3.65. The van der Waals surface area contributed by atoms with Gasteiger partial charge in [-0.2, -0.15) is 0 Å². The number of aromatic nitrogens is 2. The highest BCUT2D eigenvalue weighted by atomic mass is 16.4. The first-order chi connectivity index (χ1) is 13.6. The van der Waals surface area contributed by atoms with Gasteiger partial charge in [-0.05, 0) is 42.7 Å². The molecule has 3 aromatic rings. The molecule has 7 nitrogen and oxygen atoms in total. The Morgan fingerprint density at radius 3 is 2.93 bits per heavy atom. The summed E-state index contributed by atoms with van der Waals surface area (Å²) in [5.41, 5.74) is 1.23. The third kappa shape index (κ3) is 3.83. The van der Waals surface area contributed by atoms with E-state index in [-0.39, 0.29) is 17.4 Å². The van der Waals surface area contributed by atoms with Crippen molar-refractivity contribution in [3.63, 3.8) is 0 Å². The van der Waals surface area contributed by atoms with Crippen LogP contribution < -0.4 is 0 Å². The summed E-state index contributed by atoms with van der Waals surface area (Å²) >= 11 is 0. The van der Waals surface area contributed by atoms with Crippen molar-refractivity contribution in [2.75, 3.05) is 13.1 Å². The third-order valence-electron chi connectivity index (χ3n) is 5.08. The second kappa shape index (κ2) is 7.72. The van der Waals surface area contributed by atoms with E-state index in [0.717, 1.165) is 18.4 Å². The lowest BCUT2D eigenvalue weighted by atomic mass is 9.89. The molecule has 0 aliphatic carbocycles. The number of carbonyl (C=O) groups excluding carboxylic acids is 1. The molecule has 1 aliphatic heterocycles. The van der Waals surface area contributed by atoms with E-state index >= 15 is 0 Å². The summed E-state index contributed by atoms with van der Waals surface area (Å²) in [5.74, 6) is 0.0825. The van der Waals surface area contributed by atoms with Gasteiger partial charge in [0.1, 0.15) is 5.76 Å². The van der Waals surface area contributed by atoms with Crippen LogP contribution in [0, 0.1) is 0 Å². The minimum atomic E-state index is -0.938. The first kappa shape index (κ1) is 18.0. The fraction of sp³-hybridized carbons (Fsp3) is 0.286. The van der Waals surface area contributed by atoms with Gasteiger partial charge in [-0.15, -0.1) is 0 Å². The van der Waals surface area contributed by atoms with Crippen LogP contribution >= 0.6 is 0 Å². The van der Waals surface area contributed by atoms with Crippen LogP contribution in [0.5, 0.6) is 0 Å². The van der Waals surface area contributed by atoms with Gasteiger partial charge in [0, 0.05) is 31.4 Å². The lowest BCUT2D eigenvalue weighted by Crippen LogP contribution is -2.39. The molecule has 1 atom stereocenters. The third-order valence-corrected chi connectivity index (χ3v) is 5.08. The number of nitrogens with zero attached hydrogens (tertiary/aromatic N) is 3. The molecular formula is C21H21N3O4. The maximum Gasteiger partial charge on any atom is 0.335 e. The highest BCUT2D eigenvalue weighted by Gasteiger charge is 2.27. The number of hydrogen-bond acceptors (Lipinski definition) is 4. The minimum absolute atomic E-state index is 0.123. The van der Waals surface area contributed by atoms with Crippen molar-refractivity contribution in [3.05, 3.63) is 77.8 Å². The standard InChI is InChI=1S/C21H21N3O4/c25-20(19-7-6-18(28-19)13-23-10-8-22-14-23)24-9-2-5-17(12-24)15-3-1-4-16(11-15)21(26)27/h1,3-4,6-8,10-11,14,17H,2,5,9,12-13H2,(H,26,27)/t17-/m1/s1. The molecule has 144 valence electrons. The fourth-order valence-corrected chi connectivity index (χ4v) is 3.65. The lowest BCUT2D eigenvalue weighted by Gasteiger charge is -2.32. The molecule has 1 aliphatic rings. The zero-order chi connectivity index (χ0) is 19.5. The molecule has 3 heterocycles. The molecule has 0 bridgehead atoms. The number of rotatable bonds is 5. The molecule has 28 heavy (non-hydrogen) atoms. The number of carbonyl (C=O) groups is 2. The second-order valence-corrected chi connectivity index (χ2v) is 7.02. The van der Waals surface area contributed by atoms with Crippen LogP contribution in [0.3, 0.4) is 0 Å². The maximum absolute atomic E-state index is 12.9. The van der Waals surface area contributed by atoms with Gasteiger partial charge in [0.25, 0.3) is 5.91 Å². The van der Waals surface area contributed by atoms with Gasteiger partial charge in [0.15, 0.2) is 5.76 Å². The van der Waals surface area contributed by atoms with Crippen LogP contribution in [0.2, 0.25) is 0 Å². The Morgan fingerprint density at radius 1 is 1.25 bits per heavy atom. The number of furan rings is 1. The number of carboxylic acid groups (broad SMARTS) is 1. The molecule has 1 saturated heterocycles. The number of aromatic carboxylic acids is 1. The van der Waals surface area contributed by atoms with Crippen LogP contribution in [0.15, 0.2) is 59.5 Å². The van der Waals surface area contributed by atoms with Crippen molar-refractivity contribution in [3.8, 4) is 0 Å². The molecule has 2 aromatic heterocycles. The summed E-state index contributed by atoms with van der Waals surface area (Å²) in [6, 6.07) is 10.5. The van der Waals surface area contributed by atoms with Crippen LogP contribution in [-0.2, 0) is 6.54 Å². The van der Waals surface area contributed by atoms with Crippen LogP contribution in [0.1, 0.15) is 51.0 Å². The van der Waals surface area contributed by atoms with E-state index in [9.17, 15) is 14.7 Å². The Labute approximate surface area is 162 Å². The number of likely N-dealkylation sites (tertiary alicyclic amines) is 1. The average molecular weight is 379 g/mol. The van der Waals surface area contributed by atoms with Crippen molar-refractivity contribution in [1.29, 1.82) is 0 Å². The van der Waals surface area contributed by atoms with Crippen LogP contribution in [-0.4, -0.2) is 44.5 Å². The van der Waals surface area contributed by atoms with Gasteiger partial charge in [0.2, 0.25) is 0 Å². The number of amides is 1. The molecule has 0 saturated carbocycles. The summed E-state index contributed by atoms with van der Waals surface area (Å²) in [6.07, 6.45) is 7.03. The summed E-state index contributed by atoms with van der Waals surface area (Å²) < 4.78 is 7.62. The van der Waals surface area contributed by atoms with Gasteiger partial charge in [-0.1, -0.05) is 12.1 Å². The maximum atomic E-state index is 12.9. The van der Waals surface area contributed by atoms with Gasteiger partial charge in [-0.25, -0.2) is 9.78 Å². The van der Waals surface area contributed by atoms with E-state index in [1.165, 1.54) is 0 Å². The monoisotopic (exact) mass is 379 g/mol. The van der Waals surface area contributed by atoms with E-state index in [4.69, 9.17) is 4.42 Å². The first-order valence-electron chi connectivity index (χ1n) is 9.27. The molecule has 0 unspecified atom stereocenters. The van der Waals surface area contributed by atoms with Crippen molar-refractivity contribution in [1.82, 2.24) is 14.5 Å². The predicted octanol–water partition coefficient (Wildman–Crippen LogP) is 3.24. The first-order valence-corrected chi connectivity index (χ1v) is 9.27. The zero-order valence-electron chi connectivity index (χ0n) is 15.3. The Kier molecular flexibility index (Phi) is 4.97. The molecular weight excluding hydrogens is 358 g/mol. The molecule has 4 rings (SSSR count). The van der Waals surface area contributed by atoms with Gasteiger partial charge >= 0.3 is 5.97 Å². The molecule has 1 aromatic carbocycles. The number of carboxylic acids is 1. The quantitative estimate of drug-likeness (QED) is 0.735. The van der Waals surface area contributed by atoms with E-state index in [1.54, 1.807) is 41.7 Å². The van der Waals surface area contributed by atoms with E-state index in [2.05, 4.69) is 4.98 Å². The van der Waals surface area contributed by atoms with Gasteiger partial charge in [0.05, 0.1) is 18.4 Å². The van der Waals surface area contributed by atoms with E-state index < -0.39 is 5.97 Å². The Morgan fingerprint density at radius 2 is 2.14 bits per heavy atom. The Bertz CT molecular complexity index is 977. The highest BCUT2D eigenvalue weighted by molar-refractivity contribution is 5.91. The van der Waals surface area contributed by atoms with E-state index in [0.29, 0.717) is 31.2 Å². The number of hydrogen-bond donors (Lipinski definition) is 1. The topological polar surface area (TPSA) is 88.6 Å². The smallest absolute Gasteiger partial charge is 0.335 e. The molecule has 1 N–H and O–H groups in total. The molecule has 7 heteroatoms. The summed E-state index contributed by atoms with van der Waals surface area (Å²) in [6.45, 7) is 1.75. The summed E-state index contributed by atoms with van der Waals surface area (Å²) in [7, 11) is 0.